The molecule has 0 unspecified atom stereocenters. The van der Waals surface area contributed by atoms with Crippen LogP contribution in [0.15, 0.2) is 42.9 Å². The van der Waals surface area contributed by atoms with Gasteiger partial charge in [-0.05, 0) is 43.7 Å². The van der Waals surface area contributed by atoms with Crippen LogP contribution in [0.5, 0.6) is 5.75 Å². The highest BCUT2D eigenvalue weighted by Gasteiger charge is 2.40. The van der Waals surface area contributed by atoms with Gasteiger partial charge in [0, 0.05) is 68.0 Å². The van der Waals surface area contributed by atoms with Crippen molar-refractivity contribution in [1.82, 2.24) is 29.6 Å². The SMILES string of the molecule is CCn1cc(-c2cc(Cn3ccnc3C)cc3c2OC[C@@H](Cc2ccc(F)c(N4CC(NC(=O)O)C4)n2)C3=O)c(C(F)(F)F)n1. The van der Waals surface area contributed by atoms with Crippen LogP contribution in [0.25, 0.3) is 11.1 Å². The van der Waals surface area contributed by atoms with Gasteiger partial charge in [0.25, 0.3) is 0 Å². The monoisotopic (exact) mass is 627 g/mol. The summed E-state index contributed by atoms with van der Waals surface area (Å²) in [4.78, 5) is 35.0. The predicted octanol–water partition coefficient (Wildman–Crippen LogP) is 4.57. The van der Waals surface area contributed by atoms with Crippen LogP contribution >= 0.6 is 0 Å². The second-order valence-corrected chi connectivity index (χ2v) is 11.1. The Morgan fingerprint density at radius 1 is 1.18 bits per heavy atom. The molecule has 4 aromatic rings. The first-order chi connectivity index (χ1) is 21.4. The predicted molar refractivity (Wildman–Crippen MR) is 153 cm³/mol. The fourth-order valence-electron chi connectivity index (χ4n) is 5.68. The number of hydrogen-bond acceptors (Lipinski definition) is 7. The Bertz CT molecular complexity index is 1780. The van der Waals surface area contributed by atoms with E-state index in [1.807, 2.05) is 4.57 Å². The molecule has 0 spiro atoms. The molecule has 1 saturated heterocycles. The van der Waals surface area contributed by atoms with Crippen LogP contribution in [0.1, 0.15) is 40.1 Å². The zero-order valence-corrected chi connectivity index (χ0v) is 24.3. The van der Waals surface area contributed by atoms with Crippen LogP contribution in [0.3, 0.4) is 0 Å². The number of halogens is 4. The van der Waals surface area contributed by atoms with Gasteiger partial charge in [-0.1, -0.05) is 0 Å². The van der Waals surface area contributed by atoms with Crippen molar-refractivity contribution in [3.8, 4) is 16.9 Å². The number of carbonyl (C=O) groups excluding carboxylic acids is 1. The third-order valence-corrected chi connectivity index (χ3v) is 7.98. The Kier molecular flexibility index (Phi) is 7.70. The van der Waals surface area contributed by atoms with Crippen molar-refractivity contribution in [2.24, 2.45) is 5.92 Å². The van der Waals surface area contributed by atoms with Crippen LogP contribution < -0.4 is 15.0 Å². The number of ketones is 1. The Morgan fingerprint density at radius 3 is 2.60 bits per heavy atom. The second kappa shape index (κ2) is 11.5. The molecule has 236 valence electrons. The molecule has 45 heavy (non-hydrogen) atoms. The van der Waals surface area contributed by atoms with Crippen molar-refractivity contribution in [3.05, 3.63) is 77.0 Å². The molecule has 1 aromatic carbocycles. The number of ether oxygens (including phenoxy) is 1. The molecule has 0 aliphatic carbocycles. The quantitative estimate of drug-likeness (QED) is 0.272. The topological polar surface area (TPSA) is 127 Å². The highest BCUT2D eigenvalue weighted by atomic mass is 19.4. The molecular weight excluding hydrogens is 598 g/mol. The molecule has 6 rings (SSSR count). The number of pyridine rings is 1. The van der Waals surface area contributed by atoms with Crippen molar-refractivity contribution in [2.75, 3.05) is 24.6 Å². The second-order valence-electron chi connectivity index (χ2n) is 11.1. The lowest BCUT2D eigenvalue weighted by atomic mass is 9.87. The van der Waals surface area contributed by atoms with E-state index in [4.69, 9.17) is 9.84 Å². The van der Waals surface area contributed by atoms with Gasteiger partial charge in [0.05, 0.1) is 24.1 Å². The van der Waals surface area contributed by atoms with Gasteiger partial charge >= 0.3 is 12.3 Å². The molecule has 2 aliphatic rings. The lowest BCUT2D eigenvalue weighted by molar-refractivity contribution is -0.141. The Hall–Kier alpha value is -4.95. The summed E-state index contributed by atoms with van der Waals surface area (Å²) >= 11 is 0. The lowest BCUT2D eigenvalue weighted by Crippen LogP contribution is -2.59. The number of hydrogen-bond donors (Lipinski definition) is 2. The molecule has 2 N–H and O–H groups in total. The summed E-state index contributed by atoms with van der Waals surface area (Å²) in [6.45, 7) is 4.31. The van der Waals surface area contributed by atoms with E-state index < -0.39 is 29.7 Å². The number of carboxylic acid groups (broad SMARTS) is 1. The highest BCUT2D eigenvalue weighted by Crippen LogP contribution is 2.44. The number of amides is 1. The first-order valence-electron chi connectivity index (χ1n) is 14.3. The van der Waals surface area contributed by atoms with Gasteiger partial charge in [-0.3, -0.25) is 9.48 Å². The van der Waals surface area contributed by atoms with E-state index in [-0.39, 0.29) is 79.3 Å². The number of anilines is 1. The first-order valence-corrected chi connectivity index (χ1v) is 14.3. The number of imidazole rings is 1. The maximum absolute atomic E-state index is 14.6. The number of rotatable bonds is 8. The van der Waals surface area contributed by atoms with Crippen LogP contribution in [0, 0.1) is 18.7 Å². The number of benzene rings is 1. The molecule has 1 atom stereocenters. The summed E-state index contributed by atoms with van der Waals surface area (Å²) < 4.78 is 66.0. The van der Waals surface area contributed by atoms with E-state index in [1.165, 1.54) is 23.0 Å². The third kappa shape index (κ3) is 5.93. The van der Waals surface area contributed by atoms with Crippen molar-refractivity contribution < 1.29 is 37.0 Å². The fourth-order valence-corrected chi connectivity index (χ4v) is 5.68. The van der Waals surface area contributed by atoms with Crippen molar-refractivity contribution in [2.45, 2.75) is 45.6 Å². The molecule has 5 heterocycles. The van der Waals surface area contributed by atoms with Gasteiger partial charge in [-0.25, -0.2) is 19.2 Å². The Balaban J connectivity index is 1.34. The van der Waals surface area contributed by atoms with E-state index in [0.29, 0.717) is 17.1 Å². The molecule has 0 radical (unpaired) electrons. The summed E-state index contributed by atoms with van der Waals surface area (Å²) in [5.41, 5.74) is -0.0171. The number of nitrogens with zero attached hydrogens (tertiary/aromatic N) is 6. The molecular formula is C30H29F4N7O4. The van der Waals surface area contributed by atoms with Gasteiger partial charge < -0.3 is 24.6 Å². The molecule has 1 fully saturated rings. The van der Waals surface area contributed by atoms with E-state index in [0.717, 1.165) is 0 Å². The summed E-state index contributed by atoms with van der Waals surface area (Å²) in [7, 11) is 0. The number of nitrogens with one attached hydrogen (secondary N) is 1. The van der Waals surface area contributed by atoms with Crippen molar-refractivity contribution in [3.63, 3.8) is 0 Å². The number of fused-ring (bicyclic) bond motifs is 1. The third-order valence-electron chi connectivity index (χ3n) is 7.98. The molecule has 0 saturated carbocycles. The largest absolute Gasteiger partial charge is 0.491 e. The van der Waals surface area contributed by atoms with Gasteiger partial charge in [-0.2, -0.15) is 18.3 Å². The number of aryl methyl sites for hydroxylation is 2. The van der Waals surface area contributed by atoms with E-state index >= 15 is 0 Å². The highest BCUT2D eigenvalue weighted by molar-refractivity contribution is 6.04. The normalized spacial score (nSPS) is 16.7. The van der Waals surface area contributed by atoms with E-state index in [1.54, 1.807) is 43.3 Å². The van der Waals surface area contributed by atoms with Crippen molar-refractivity contribution >= 4 is 17.7 Å². The fraction of sp³-hybridized carbons (Fsp3) is 0.367. The minimum absolute atomic E-state index is 0.0495. The number of alkyl halides is 3. The zero-order chi connectivity index (χ0) is 32.0. The summed E-state index contributed by atoms with van der Waals surface area (Å²) in [5.74, 6) is -0.862. The van der Waals surface area contributed by atoms with Crippen LogP contribution in [0.4, 0.5) is 28.2 Å². The van der Waals surface area contributed by atoms with Gasteiger partial charge in [-0.15, -0.1) is 0 Å². The van der Waals surface area contributed by atoms with Gasteiger partial charge in [0.1, 0.15) is 11.6 Å². The smallest absolute Gasteiger partial charge is 0.435 e. The molecule has 15 heteroatoms. The maximum atomic E-state index is 14.6. The first kappa shape index (κ1) is 30.1. The van der Waals surface area contributed by atoms with Gasteiger partial charge in [0.2, 0.25) is 0 Å². The number of aromatic nitrogens is 5. The number of Topliss-reactive ketones (excluding diaryl/α,β-unsaturated/α-hetero) is 1. The van der Waals surface area contributed by atoms with Crippen LogP contribution in [-0.4, -0.2) is 67.0 Å². The standard InChI is InChI=1S/C30H29F4N7O4/c1-3-41-14-23(27(38-41)30(32,33)34)21-8-17(11-39-7-6-35-16(39)2)9-22-25(42)18(15-45-26(21)22)10-19-4-5-24(31)28(36-19)40-12-20(13-40)37-29(43)44/h4-9,14,18,20,37H,3,10-13,15H2,1-2H3,(H,43,44)/t18-/m1/s1. The number of carbonyl (C=O) groups is 2. The van der Waals surface area contributed by atoms with Crippen LogP contribution in [0.2, 0.25) is 0 Å². The molecule has 11 nitrogen and oxygen atoms in total. The molecule has 1 amide bonds. The van der Waals surface area contributed by atoms with Crippen LogP contribution in [-0.2, 0) is 25.7 Å². The average molecular weight is 628 g/mol. The van der Waals surface area contributed by atoms with E-state index in [2.05, 4.69) is 20.4 Å². The molecule has 3 aromatic heterocycles. The summed E-state index contributed by atoms with van der Waals surface area (Å²) in [5, 5.41) is 15.0. The molecule has 0 bridgehead atoms. The average Bonchev–Trinajstić information content (AvgIpc) is 3.59. The minimum atomic E-state index is -4.74. The summed E-state index contributed by atoms with van der Waals surface area (Å²) in [6, 6.07) is 5.57. The Labute approximate surface area is 254 Å². The lowest BCUT2D eigenvalue weighted by Gasteiger charge is -2.40. The van der Waals surface area contributed by atoms with Crippen molar-refractivity contribution in [1.29, 1.82) is 0 Å². The maximum Gasteiger partial charge on any atom is 0.435 e. The zero-order valence-electron chi connectivity index (χ0n) is 24.3. The Morgan fingerprint density at radius 2 is 1.93 bits per heavy atom. The summed E-state index contributed by atoms with van der Waals surface area (Å²) in [6.07, 6.45) is -1.16. The van der Waals surface area contributed by atoms with E-state index in [9.17, 15) is 27.2 Å². The minimum Gasteiger partial charge on any atom is -0.491 e. The van der Waals surface area contributed by atoms with Gasteiger partial charge in [0.15, 0.2) is 23.1 Å². The molecule has 2 aliphatic heterocycles.